The summed E-state index contributed by atoms with van der Waals surface area (Å²) >= 11 is 1.63. The number of nitrogens with zero attached hydrogens (tertiary/aromatic N) is 1. The summed E-state index contributed by atoms with van der Waals surface area (Å²) in [6.07, 6.45) is 17.1. The molecule has 208 valence electrons. The highest BCUT2D eigenvalue weighted by Gasteiger charge is 2.17. The molecule has 1 amide bonds. The normalized spacial score (nSPS) is 10.7. The van der Waals surface area contributed by atoms with Gasteiger partial charge >= 0.3 is 0 Å². The number of hydrogen-bond acceptors (Lipinski definition) is 3. The molecule has 3 aromatic rings. The van der Waals surface area contributed by atoms with E-state index in [2.05, 4.69) is 16.8 Å². The smallest absolute Gasteiger partial charge is 0.259 e. The third-order valence-corrected chi connectivity index (χ3v) is 7.20. The Kier molecular flexibility index (Phi) is 15.9. The fourth-order valence-electron chi connectivity index (χ4n) is 4.46. The summed E-state index contributed by atoms with van der Waals surface area (Å²) in [6.45, 7) is 3.39. The molecule has 0 aliphatic heterocycles. The van der Waals surface area contributed by atoms with Crippen molar-refractivity contribution in [3.8, 4) is 5.75 Å². The summed E-state index contributed by atoms with van der Waals surface area (Å²) in [5.74, 6) is -0.841. The molecule has 1 aromatic heterocycles. The first-order valence-electron chi connectivity index (χ1n) is 13.9. The van der Waals surface area contributed by atoms with Crippen molar-refractivity contribution in [3.63, 3.8) is 0 Å². The number of ether oxygens (including phenoxy) is 1. The highest BCUT2D eigenvalue weighted by Crippen LogP contribution is 2.25. The number of unbranched alkanes of at least 4 members (excludes halogenated alkanes) is 11. The molecule has 0 atom stereocenters. The molecule has 0 fully saturated rings. The Labute approximate surface area is 242 Å². The first-order chi connectivity index (χ1) is 18.2. The minimum Gasteiger partial charge on any atom is -1.00 e. The number of para-hydroxylation sites is 1. The van der Waals surface area contributed by atoms with E-state index < -0.39 is 5.82 Å². The maximum Gasteiger partial charge on any atom is 0.259 e. The third kappa shape index (κ3) is 11.6. The van der Waals surface area contributed by atoms with Crippen LogP contribution in [-0.4, -0.2) is 12.5 Å². The Morgan fingerprint density at radius 2 is 1.58 bits per heavy atom. The summed E-state index contributed by atoms with van der Waals surface area (Å²) in [5.41, 5.74) is 4.01. The average molecular weight is 606 g/mol. The highest BCUT2D eigenvalue weighted by molar-refractivity contribution is 7.07. The van der Waals surface area contributed by atoms with Crippen LogP contribution in [0.15, 0.2) is 59.6 Å². The Bertz CT molecular complexity index is 1060. The van der Waals surface area contributed by atoms with E-state index in [9.17, 15) is 9.18 Å². The number of halogens is 2. The number of benzene rings is 2. The summed E-state index contributed by atoms with van der Waals surface area (Å²) in [6, 6.07) is 12.2. The van der Waals surface area contributed by atoms with Crippen LogP contribution < -0.4 is 31.6 Å². The van der Waals surface area contributed by atoms with Crippen LogP contribution >= 0.6 is 11.3 Å². The van der Waals surface area contributed by atoms with Crippen LogP contribution in [0.4, 0.5) is 10.1 Å². The number of anilines is 1. The first-order valence-corrected chi connectivity index (χ1v) is 14.8. The van der Waals surface area contributed by atoms with E-state index in [0.29, 0.717) is 12.3 Å². The maximum absolute atomic E-state index is 14.6. The number of carbonyl (C=O) groups is 1. The van der Waals surface area contributed by atoms with Crippen molar-refractivity contribution < 1.29 is 35.5 Å². The summed E-state index contributed by atoms with van der Waals surface area (Å²) in [4.78, 5) is 13.0. The van der Waals surface area contributed by atoms with Crippen LogP contribution in [0.3, 0.4) is 0 Å². The molecule has 0 saturated carbocycles. The van der Waals surface area contributed by atoms with Gasteiger partial charge in [-0.3, -0.25) is 4.79 Å². The molecule has 1 heterocycles. The predicted molar refractivity (Wildman–Crippen MR) is 151 cm³/mol. The summed E-state index contributed by atoms with van der Waals surface area (Å²) in [5, 5.41) is 4.92. The topological polar surface area (TPSA) is 42.2 Å². The molecule has 2 aromatic carbocycles. The second-order valence-corrected chi connectivity index (χ2v) is 10.5. The molecular weight excluding hydrogens is 563 g/mol. The minimum absolute atomic E-state index is 0. The van der Waals surface area contributed by atoms with Gasteiger partial charge in [0.2, 0.25) is 5.51 Å². The van der Waals surface area contributed by atoms with E-state index >= 15 is 0 Å². The van der Waals surface area contributed by atoms with Crippen LogP contribution in [0, 0.1) is 5.82 Å². The van der Waals surface area contributed by atoms with Crippen LogP contribution in [-0.2, 0) is 6.54 Å². The van der Waals surface area contributed by atoms with Crippen molar-refractivity contribution in [2.45, 2.75) is 90.5 Å². The van der Waals surface area contributed by atoms with Crippen molar-refractivity contribution in [1.82, 2.24) is 0 Å². The standard InChI is InChI=1S/C31H41FN2O2S.BrH/c1-2-3-4-5-6-7-8-9-10-11-12-13-21-36-30-28(18-15-19-29(30)32)31(35)33-27-17-14-16-26(23-27)24-34-20-22-37-25-34;/h14-20,22-23,25H,2-13,21,24H2,1H3;1H. The van der Waals surface area contributed by atoms with Crippen LogP contribution in [0.5, 0.6) is 5.75 Å². The Morgan fingerprint density at radius 3 is 2.24 bits per heavy atom. The van der Waals surface area contributed by atoms with Gasteiger partial charge in [-0.25, -0.2) is 4.39 Å². The van der Waals surface area contributed by atoms with Gasteiger partial charge in [-0.2, -0.15) is 4.57 Å². The highest BCUT2D eigenvalue weighted by atomic mass is 79.9. The van der Waals surface area contributed by atoms with E-state index in [1.165, 1.54) is 70.3 Å². The Hall–Kier alpha value is -2.25. The lowest BCUT2D eigenvalue weighted by molar-refractivity contribution is -0.683. The molecule has 0 spiro atoms. The zero-order chi connectivity index (χ0) is 26.1. The number of rotatable bonds is 18. The molecule has 38 heavy (non-hydrogen) atoms. The molecule has 7 heteroatoms. The van der Waals surface area contributed by atoms with E-state index in [1.54, 1.807) is 23.5 Å². The van der Waals surface area contributed by atoms with Crippen LogP contribution in [0.2, 0.25) is 0 Å². The first kappa shape index (κ1) is 32.0. The predicted octanol–water partition coefficient (Wildman–Crippen LogP) is 5.56. The second kappa shape index (κ2) is 18.9. The molecule has 0 aliphatic rings. The molecule has 1 N–H and O–H groups in total. The molecule has 0 bridgehead atoms. The fourth-order valence-corrected chi connectivity index (χ4v) is 5.06. The van der Waals surface area contributed by atoms with Gasteiger partial charge in [0, 0.05) is 11.3 Å². The van der Waals surface area contributed by atoms with E-state index in [0.717, 1.165) is 24.9 Å². The zero-order valence-electron chi connectivity index (χ0n) is 22.6. The Balaban J connectivity index is 0.00000507. The van der Waals surface area contributed by atoms with Crippen LogP contribution in [0.25, 0.3) is 0 Å². The molecule has 0 unspecified atom stereocenters. The molecular formula is C31H42BrFN2O2S. The summed E-state index contributed by atoms with van der Waals surface area (Å²) < 4.78 is 22.4. The summed E-state index contributed by atoms with van der Waals surface area (Å²) in [7, 11) is 0. The number of thiazole rings is 1. The van der Waals surface area contributed by atoms with Crippen LogP contribution in [0.1, 0.15) is 99.9 Å². The molecule has 4 nitrogen and oxygen atoms in total. The number of nitrogens with one attached hydrogen (secondary N) is 1. The van der Waals surface area contributed by atoms with Crippen molar-refractivity contribution in [2.75, 3.05) is 11.9 Å². The van der Waals surface area contributed by atoms with Gasteiger partial charge < -0.3 is 27.0 Å². The number of aromatic nitrogens is 1. The van der Waals surface area contributed by atoms with Crippen molar-refractivity contribution >= 4 is 22.9 Å². The van der Waals surface area contributed by atoms with Crippen molar-refractivity contribution in [2.24, 2.45) is 0 Å². The lowest BCUT2D eigenvalue weighted by atomic mass is 10.1. The van der Waals surface area contributed by atoms with Crippen molar-refractivity contribution in [3.05, 3.63) is 76.5 Å². The van der Waals surface area contributed by atoms with Gasteiger partial charge in [0.15, 0.2) is 24.3 Å². The van der Waals surface area contributed by atoms with Gasteiger partial charge in [-0.15, -0.1) is 0 Å². The number of amides is 1. The zero-order valence-corrected chi connectivity index (χ0v) is 25.0. The van der Waals surface area contributed by atoms with E-state index in [1.807, 2.05) is 41.4 Å². The average Bonchev–Trinajstić information content (AvgIpc) is 3.40. The van der Waals surface area contributed by atoms with E-state index in [-0.39, 0.29) is 34.2 Å². The van der Waals surface area contributed by atoms with Gasteiger partial charge in [0.1, 0.15) is 0 Å². The number of hydrogen-bond donors (Lipinski definition) is 1. The SMILES string of the molecule is CCCCCCCCCCCCCCOc1c(F)cccc1C(=O)Nc1cccc(C[n+]2ccsc2)c1.[Br-]. The van der Waals surface area contributed by atoms with Gasteiger partial charge in [0.25, 0.3) is 5.91 Å². The molecule has 0 aliphatic carbocycles. The molecule has 0 radical (unpaired) electrons. The monoisotopic (exact) mass is 604 g/mol. The minimum atomic E-state index is -0.505. The largest absolute Gasteiger partial charge is 1.00 e. The molecule has 0 saturated heterocycles. The maximum atomic E-state index is 14.6. The third-order valence-electron chi connectivity index (χ3n) is 6.53. The van der Waals surface area contributed by atoms with Gasteiger partial charge in [-0.05, 0) is 30.7 Å². The van der Waals surface area contributed by atoms with Gasteiger partial charge in [-0.1, -0.05) is 107 Å². The second-order valence-electron chi connectivity index (χ2n) is 9.71. The lowest BCUT2D eigenvalue weighted by Gasteiger charge is -2.13. The quantitative estimate of drug-likeness (QED) is 0.153. The fraction of sp³-hybridized carbons (Fsp3) is 0.484. The lowest BCUT2D eigenvalue weighted by Crippen LogP contribution is -3.00. The van der Waals surface area contributed by atoms with Crippen molar-refractivity contribution in [1.29, 1.82) is 0 Å². The molecule has 3 rings (SSSR count). The van der Waals surface area contributed by atoms with Gasteiger partial charge in [0.05, 0.1) is 17.6 Å². The Morgan fingerprint density at radius 1 is 0.921 bits per heavy atom. The number of carbonyl (C=O) groups excluding carboxylic acids is 1. The van der Waals surface area contributed by atoms with E-state index in [4.69, 9.17) is 4.74 Å².